The van der Waals surface area contributed by atoms with Crippen molar-refractivity contribution in [2.75, 3.05) is 0 Å². The number of nitrogens with one attached hydrogen (secondary N) is 1. The third-order valence-electron chi connectivity index (χ3n) is 4.53. The molecule has 5 heteroatoms. The van der Waals surface area contributed by atoms with Crippen molar-refractivity contribution >= 4 is 35.6 Å². The molecule has 132 valence electrons. The predicted octanol–water partition coefficient (Wildman–Crippen LogP) is 6.88. The summed E-state index contributed by atoms with van der Waals surface area (Å²) in [6.45, 7) is 0.774. The lowest BCUT2D eigenvalue weighted by molar-refractivity contribution is 0.373. The van der Waals surface area contributed by atoms with Crippen LogP contribution in [0.4, 0.5) is 0 Å². The van der Waals surface area contributed by atoms with Crippen LogP contribution in [0.2, 0.25) is 10.0 Å². The first kappa shape index (κ1) is 19.7. The molecule has 2 aromatic rings. The lowest BCUT2D eigenvalue weighted by Gasteiger charge is -2.20. The van der Waals surface area contributed by atoms with Gasteiger partial charge in [0.1, 0.15) is 11.5 Å². The van der Waals surface area contributed by atoms with Crippen LogP contribution >= 0.6 is 35.6 Å². The zero-order chi connectivity index (χ0) is 16.1. The van der Waals surface area contributed by atoms with Crippen LogP contribution in [0.15, 0.2) is 34.7 Å². The summed E-state index contributed by atoms with van der Waals surface area (Å²) in [5.74, 6) is 1.74. The number of furan rings is 1. The number of rotatable bonds is 4. The van der Waals surface area contributed by atoms with Gasteiger partial charge in [0.05, 0.1) is 11.6 Å². The van der Waals surface area contributed by atoms with Gasteiger partial charge in [-0.1, -0.05) is 55.3 Å². The molecule has 0 saturated heterocycles. The lowest BCUT2D eigenvalue weighted by Crippen LogP contribution is -2.29. The van der Waals surface area contributed by atoms with Crippen LogP contribution in [0.5, 0.6) is 0 Å². The number of benzene rings is 1. The highest BCUT2D eigenvalue weighted by Crippen LogP contribution is 2.31. The second kappa shape index (κ2) is 9.72. The van der Waals surface area contributed by atoms with Gasteiger partial charge in [0, 0.05) is 16.6 Å². The summed E-state index contributed by atoms with van der Waals surface area (Å²) in [4.78, 5) is 0. The average Bonchev–Trinajstić information content (AvgIpc) is 2.94. The third kappa shape index (κ3) is 5.42. The molecule has 1 aromatic carbocycles. The topological polar surface area (TPSA) is 25.2 Å². The maximum Gasteiger partial charge on any atom is 0.135 e. The van der Waals surface area contributed by atoms with E-state index in [9.17, 15) is 0 Å². The minimum atomic E-state index is 0. The Morgan fingerprint density at radius 3 is 2.38 bits per heavy atom. The summed E-state index contributed by atoms with van der Waals surface area (Å²) >= 11 is 12.2. The minimum absolute atomic E-state index is 0. The molecule has 3 rings (SSSR count). The Balaban J connectivity index is 0.00000208. The first-order chi connectivity index (χ1) is 11.2. The Morgan fingerprint density at radius 1 is 0.958 bits per heavy atom. The normalized spacial score (nSPS) is 16.2. The number of hydrogen-bond donors (Lipinski definition) is 1. The van der Waals surface area contributed by atoms with E-state index in [0.717, 1.165) is 23.6 Å². The summed E-state index contributed by atoms with van der Waals surface area (Å²) in [5.41, 5.74) is 0.883. The molecule has 1 fully saturated rings. The molecule has 0 bridgehead atoms. The fraction of sp³-hybridized carbons (Fsp3) is 0.474. The van der Waals surface area contributed by atoms with Gasteiger partial charge in [-0.2, -0.15) is 0 Å². The summed E-state index contributed by atoms with van der Waals surface area (Å²) in [7, 11) is 0. The van der Waals surface area contributed by atoms with Crippen LogP contribution in [0.1, 0.15) is 50.7 Å². The van der Waals surface area contributed by atoms with E-state index in [1.54, 1.807) is 6.07 Å². The van der Waals surface area contributed by atoms with Gasteiger partial charge >= 0.3 is 0 Å². The van der Waals surface area contributed by atoms with Crippen molar-refractivity contribution in [3.63, 3.8) is 0 Å². The van der Waals surface area contributed by atoms with Crippen molar-refractivity contribution in [2.45, 2.75) is 57.5 Å². The van der Waals surface area contributed by atoms with Crippen molar-refractivity contribution in [3.05, 3.63) is 46.1 Å². The summed E-state index contributed by atoms with van der Waals surface area (Å²) in [6.07, 6.45) is 9.36. The lowest BCUT2D eigenvalue weighted by atomic mass is 9.97. The van der Waals surface area contributed by atoms with Crippen LogP contribution in [-0.2, 0) is 6.54 Å². The monoisotopic (exact) mass is 387 g/mol. The van der Waals surface area contributed by atoms with Crippen molar-refractivity contribution in [2.24, 2.45) is 0 Å². The Bertz CT molecular complexity index is 633. The van der Waals surface area contributed by atoms with Crippen LogP contribution in [0.3, 0.4) is 0 Å². The number of halogens is 3. The third-order valence-corrected chi connectivity index (χ3v) is 5.08. The molecule has 1 aliphatic rings. The number of hydrogen-bond acceptors (Lipinski definition) is 2. The zero-order valence-corrected chi connectivity index (χ0v) is 16.0. The minimum Gasteiger partial charge on any atom is -0.460 e. The molecule has 0 unspecified atom stereocenters. The van der Waals surface area contributed by atoms with Crippen molar-refractivity contribution < 1.29 is 4.42 Å². The largest absolute Gasteiger partial charge is 0.460 e. The Labute approximate surface area is 160 Å². The van der Waals surface area contributed by atoms with Gasteiger partial charge in [0.25, 0.3) is 0 Å². The maximum absolute atomic E-state index is 6.25. The first-order valence-corrected chi connectivity index (χ1v) is 9.25. The van der Waals surface area contributed by atoms with Crippen LogP contribution < -0.4 is 5.32 Å². The van der Waals surface area contributed by atoms with Gasteiger partial charge in [-0.25, -0.2) is 0 Å². The molecule has 0 spiro atoms. The molecule has 1 N–H and O–H groups in total. The summed E-state index contributed by atoms with van der Waals surface area (Å²) in [5, 5.41) is 4.90. The fourth-order valence-corrected chi connectivity index (χ4v) is 3.71. The van der Waals surface area contributed by atoms with E-state index in [4.69, 9.17) is 27.6 Å². The Kier molecular flexibility index (Phi) is 7.96. The smallest absolute Gasteiger partial charge is 0.135 e. The van der Waals surface area contributed by atoms with Gasteiger partial charge in [0.15, 0.2) is 0 Å². The molecule has 1 aliphatic carbocycles. The van der Waals surface area contributed by atoms with Crippen molar-refractivity contribution in [1.29, 1.82) is 0 Å². The van der Waals surface area contributed by atoms with Gasteiger partial charge in [-0.3, -0.25) is 0 Å². The molecule has 1 heterocycles. The summed E-state index contributed by atoms with van der Waals surface area (Å²) in [6, 6.07) is 10.1. The summed E-state index contributed by atoms with van der Waals surface area (Å²) < 4.78 is 5.95. The van der Waals surface area contributed by atoms with Gasteiger partial charge in [-0.15, -0.1) is 12.4 Å². The van der Waals surface area contributed by atoms with E-state index in [0.29, 0.717) is 16.1 Å². The zero-order valence-electron chi connectivity index (χ0n) is 13.7. The van der Waals surface area contributed by atoms with E-state index in [2.05, 4.69) is 5.32 Å². The average molecular weight is 389 g/mol. The highest BCUT2D eigenvalue weighted by atomic mass is 35.5. The standard InChI is InChI=1S/C19H23Cl2NO.ClH/c20-14-8-10-17(18(21)12-14)19-11-9-16(23-19)13-22-15-6-4-2-1-3-5-7-15;/h8-12,15,22H,1-7,13H2;1H. The second-order valence-corrected chi connectivity index (χ2v) is 7.16. The second-order valence-electron chi connectivity index (χ2n) is 6.31. The Morgan fingerprint density at radius 2 is 1.67 bits per heavy atom. The highest BCUT2D eigenvalue weighted by Gasteiger charge is 2.13. The molecule has 0 radical (unpaired) electrons. The van der Waals surface area contributed by atoms with E-state index in [1.807, 2.05) is 24.3 Å². The molecule has 1 saturated carbocycles. The van der Waals surface area contributed by atoms with E-state index >= 15 is 0 Å². The molecule has 2 nitrogen and oxygen atoms in total. The van der Waals surface area contributed by atoms with Gasteiger partial charge in [0.2, 0.25) is 0 Å². The predicted molar refractivity (Wildman–Crippen MR) is 104 cm³/mol. The first-order valence-electron chi connectivity index (χ1n) is 8.50. The van der Waals surface area contributed by atoms with Crippen LogP contribution in [0, 0.1) is 0 Å². The van der Waals surface area contributed by atoms with Crippen LogP contribution in [-0.4, -0.2) is 6.04 Å². The van der Waals surface area contributed by atoms with E-state index in [-0.39, 0.29) is 12.4 Å². The maximum atomic E-state index is 6.25. The van der Waals surface area contributed by atoms with Crippen LogP contribution in [0.25, 0.3) is 11.3 Å². The van der Waals surface area contributed by atoms with Crippen molar-refractivity contribution in [1.82, 2.24) is 5.32 Å². The SMILES string of the molecule is Cl.Clc1ccc(-c2ccc(CNC3CCCCCCC3)o2)c(Cl)c1. The Hall–Kier alpha value is -0.670. The molecular formula is C19H24Cl3NO. The molecule has 0 amide bonds. The molecule has 24 heavy (non-hydrogen) atoms. The molecule has 0 aliphatic heterocycles. The highest BCUT2D eigenvalue weighted by molar-refractivity contribution is 6.36. The van der Waals surface area contributed by atoms with E-state index < -0.39 is 0 Å². The molecule has 1 aromatic heterocycles. The van der Waals surface area contributed by atoms with Gasteiger partial charge in [-0.05, 0) is 43.2 Å². The molecule has 0 atom stereocenters. The van der Waals surface area contributed by atoms with E-state index in [1.165, 1.54) is 44.9 Å². The quantitative estimate of drug-likeness (QED) is 0.617. The van der Waals surface area contributed by atoms with Crippen molar-refractivity contribution in [3.8, 4) is 11.3 Å². The van der Waals surface area contributed by atoms with Gasteiger partial charge < -0.3 is 9.73 Å². The molecular weight excluding hydrogens is 365 g/mol. The fourth-order valence-electron chi connectivity index (χ4n) is 3.21.